The summed E-state index contributed by atoms with van der Waals surface area (Å²) < 4.78 is 0. The van der Waals surface area contributed by atoms with E-state index in [0.29, 0.717) is 30.2 Å². The zero-order chi connectivity index (χ0) is 12.1. The van der Waals surface area contributed by atoms with Crippen LogP contribution in [0.3, 0.4) is 0 Å². The summed E-state index contributed by atoms with van der Waals surface area (Å²) in [6.45, 7) is 7.97. The molecule has 3 unspecified atom stereocenters. The molecule has 3 atom stereocenters. The third-order valence-electron chi connectivity index (χ3n) is 3.58. The molecule has 16 heavy (non-hydrogen) atoms. The molecule has 0 saturated carbocycles. The molecule has 1 aliphatic heterocycles. The highest BCUT2D eigenvalue weighted by Crippen LogP contribution is 2.25. The molecule has 3 nitrogen and oxygen atoms in total. The molecule has 0 aromatic carbocycles. The van der Waals surface area contributed by atoms with Gasteiger partial charge in [0.1, 0.15) is 0 Å². The third kappa shape index (κ3) is 3.39. The number of amides is 1. The molecule has 4 heteroatoms. The van der Waals surface area contributed by atoms with Gasteiger partial charge in [0.25, 0.3) is 0 Å². The molecule has 2 N–H and O–H groups in total. The Morgan fingerprint density at radius 1 is 1.56 bits per heavy atom. The van der Waals surface area contributed by atoms with Crippen LogP contribution in [0.25, 0.3) is 0 Å². The van der Waals surface area contributed by atoms with E-state index >= 15 is 0 Å². The SMILES string of the molecule is CCC(CN)CC(=O)N1CCSC(C)C1C. The Kier molecular flexibility index (Phi) is 5.62. The number of hydrogen-bond donors (Lipinski definition) is 1. The van der Waals surface area contributed by atoms with Gasteiger partial charge in [-0.15, -0.1) is 0 Å². The van der Waals surface area contributed by atoms with Crippen LogP contribution >= 0.6 is 11.8 Å². The molecular formula is C12H24N2OS. The molecule has 94 valence electrons. The van der Waals surface area contributed by atoms with Crippen molar-refractivity contribution in [1.82, 2.24) is 4.90 Å². The van der Waals surface area contributed by atoms with Crippen molar-refractivity contribution < 1.29 is 4.79 Å². The van der Waals surface area contributed by atoms with Gasteiger partial charge in [-0.25, -0.2) is 0 Å². The zero-order valence-electron chi connectivity index (χ0n) is 10.6. The topological polar surface area (TPSA) is 46.3 Å². The molecule has 1 aliphatic rings. The van der Waals surface area contributed by atoms with Gasteiger partial charge >= 0.3 is 0 Å². The monoisotopic (exact) mass is 244 g/mol. The number of rotatable bonds is 4. The van der Waals surface area contributed by atoms with E-state index in [9.17, 15) is 4.79 Å². The van der Waals surface area contributed by atoms with E-state index in [4.69, 9.17) is 5.73 Å². The number of hydrogen-bond acceptors (Lipinski definition) is 3. The molecule has 1 amide bonds. The van der Waals surface area contributed by atoms with Gasteiger partial charge in [-0.2, -0.15) is 11.8 Å². The summed E-state index contributed by atoms with van der Waals surface area (Å²) in [6, 6.07) is 0.363. The lowest BCUT2D eigenvalue weighted by Crippen LogP contribution is -2.48. The fourth-order valence-corrected chi connectivity index (χ4v) is 3.14. The van der Waals surface area contributed by atoms with E-state index in [2.05, 4.69) is 20.8 Å². The van der Waals surface area contributed by atoms with Crippen molar-refractivity contribution in [2.24, 2.45) is 11.7 Å². The summed E-state index contributed by atoms with van der Waals surface area (Å²) in [6.07, 6.45) is 1.61. The minimum Gasteiger partial charge on any atom is -0.338 e. The average molecular weight is 244 g/mol. The first kappa shape index (κ1) is 13.8. The first-order valence-corrected chi connectivity index (χ1v) is 7.26. The molecule has 0 aromatic rings. The number of carbonyl (C=O) groups is 1. The van der Waals surface area contributed by atoms with Crippen molar-refractivity contribution in [3.63, 3.8) is 0 Å². The highest BCUT2D eigenvalue weighted by atomic mass is 32.2. The summed E-state index contributed by atoms with van der Waals surface area (Å²) in [5, 5.41) is 0.552. The Morgan fingerprint density at radius 2 is 2.25 bits per heavy atom. The largest absolute Gasteiger partial charge is 0.338 e. The Morgan fingerprint density at radius 3 is 2.81 bits per heavy atom. The molecule has 0 radical (unpaired) electrons. The van der Waals surface area contributed by atoms with Crippen LogP contribution in [0.4, 0.5) is 0 Å². The summed E-state index contributed by atoms with van der Waals surface area (Å²) in [5.41, 5.74) is 5.65. The predicted molar refractivity (Wildman–Crippen MR) is 70.5 cm³/mol. The maximum atomic E-state index is 12.1. The first-order valence-electron chi connectivity index (χ1n) is 6.21. The van der Waals surface area contributed by atoms with Crippen molar-refractivity contribution in [3.8, 4) is 0 Å². The second-order valence-electron chi connectivity index (χ2n) is 4.62. The lowest BCUT2D eigenvalue weighted by molar-refractivity contribution is -0.134. The Bertz CT molecular complexity index is 231. The maximum absolute atomic E-state index is 12.1. The Hall–Kier alpha value is -0.220. The van der Waals surface area contributed by atoms with E-state index < -0.39 is 0 Å². The Labute approximate surface area is 103 Å². The number of thioether (sulfide) groups is 1. The van der Waals surface area contributed by atoms with Gasteiger partial charge in [0.2, 0.25) is 5.91 Å². The lowest BCUT2D eigenvalue weighted by atomic mass is 10.0. The van der Waals surface area contributed by atoms with Crippen LogP contribution in [0.5, 0.6) is 0 Å². The van der Waals surface area contributed by atoms with Gasteiger partial charge in [0.05, 0.1) is 0 Å². The van der Waals surface area contributed by atoms with Crippen molar-refractivity contribution >= 4 is 17.7 Å². The van der Waals surface area contributed by atoms with E-state index in [1.807, 2.05) is 16.7 Å². The number of nitrogens with two attached hydrogens (primary N) is 1. The van der Waals surface area contributed by atoms with Gasteiger partial charge in [0.15, 0.2) is 0 Å². The van der Waals surface area contributed by atoms with Crippen molar-refractivity contribution in [2.45, 2.75) is 44.9 Å². The number of nitrogens with zero attached hydrogens (tertiary/aromatic N) is 1. The van der Waals surface area contributed by atoms with E-state index in [1.54, 1.807) is 0 Å². The maximum Gasteiger partial charge on any atom is 0.223 e. The Balaban J connectivity index is 2.52. The van der Waals surface area contributed by atoms with Crippen LogP contribution in [0.15, 0.2) is 0 Å². The second-order valence-corrected chi connectivity index (χ2v) is 6.10. The molecule has 0 aromatic heterocycles. The zero-order valence-corrected chi connectivity index (χ0v) is 11.4. The van der Waals surface area contributed by atoms with Gasteiger partial charge in [0, 0.05) is 30.0 Å². The van der Waals surface area contributed by atoms with Crippen LogP contribution in [0.1, 0.15) is 33.6 Å². The highest BCUT2D eigenvalue weighted by molar-refractivity contribution is 8.00. The molecule has 1 heterocycles. The molecule has 1 saturated heterocycles. The normalized spacial score (nSPS) is 27.9. The van der Waals surface area contributed by atoms with Gasteiger partial charge in [-0.1, -0.05) is 20.3 Å². The summed E-state index contributed by atoms with van der Waals surface area (Å²) in [4.78, 5) is 14.2. The standard InChI is InChI=1S/C12H24N2OS/c1-4-11(8-13)7-12(15)14-5-6-16-10(3)9(14)2/h9-11H,4-8,13H2,1-3H3. The van der Waals surface area contributed by atoms with Crippen LogP contribution in [-0.4, -0.2) is 40.9 Å². The molecule has 1 fully saturated rings. The summed E-state index contributed by atoms with van der Waals surface area (Å²) >= 11 is 1.96. The molecule has 0 spiro atoms. The molecule has 0 bridgehead atoms. The lowest BCUT2D eigenvalue weighted by Gasteiger charge is -2.38. The van der Waals surface area contributed by atoms with Crippen LogP contribution in [0, 0.1) is 5.92 Å². The minimum absolute atomic E-state index is 0.289. The summed E-state index contributed by atoms with van der Waals surface area (Å²) in [5.74, 6) is 1.71. The highest BCUT2D eigenvalue weighted by Gasteiger charge is 2.29. The molecule has 0 aliphatic carbocycles. The molecule has 1 rings (SSSR count). The van der Waals surface area contributed by atoms with Gasteiger partial charge in [-0.05, 0) is 19.4 Å². The van der Waals surface area contributed by atoms with Crippen LogP contribution in [0.2, 0.25) is 0 Å². The fraction of sp³-hybridized carbons (Fsp3) is 0.917. The second kappa shape index (κ2) is 6.50. The average Bonchev–Trinajstić information content (AvgIpc) is 2.29. The van der Waals surface area contributed by atoms with Gasteiger partial charge in [-0.3, -0.25) is 4.79 Å². The fourth-order valence-electron chi connectivity index (χ4n) is 2.04. The molecular weight excluding hydrogens is 220 g/mol. The summed E-state index contributed by atoms with van der Waals surface area (Å²) in [7, 11) is 0. The third-order valence-corrected chi connectivity index (χ3v) is 4.92. The minimum atomic E-state index is 0.289. The van der Waals surface area contributed by atoms with Crippen molar-refractivity contribution in [2.75, 3.05) is 18.8 Å². The smallest absolute Gasteiger partial charge is 0.223 e. The quantitative estimate of drug-likeness (QED) is 0.819. The van der Waals surface area contributed by atoms with Crippen LogP contribution in [-0.2, 0) is 4.79 Å². The van der Waals surface area contributed by atoms with Crippen LogP contribution < -0.4 is 5.73 Å². The number of carbonyl (C=O) groups excluding carboxylic acids is 1. The van der Waals surface area contributed by atoms with Gasteiger partial charge < -0.3 is 10.6 Å². The van der Waals surface area contributed by atoms with Crippen molar-refractivity contribution in [1.29, 1.82) is 0 Å². The predicted octanol–water partition coefficient (Wildman–Crippen LogP) is 1.71. The van der Waals surface area contributed by atoms with E-state index in [-0.39, 0.29) is 5.91 Å². The van der Waals surface area contributed by atoms with E-state index in [0.717, 1.165) is 18.7 Å². The first-order chi connectivity index (χ1) is 7.60. The van der Waals surface area contributed by atoms with E-state index in [1.165, 1.54) is 0 Å². The van der Waals surface area contributed by atoms with Crippen molar-refractivity contribution in [3.05, 3.63) is 0 Å².